The largest absolute Gasteiger partial charge is 0.396 e. The molecular weight excluding hydrogens is 336 g/mol. The molecule has 0 aromatic rings. The maximum Gasteiger partial charge on any atom is 0.0811 e. The zero-order chi connectivity index (χ0) is 19.6. The maximum atomic E-state index is 10.1. The zero-order valence-electron chi connectivity index (χ0n) is 17.2. The van der Waals surface area contributed by atoms with Crippen molar-refractivity contribution in [1.29, 1.82) is 0 Å². The van der Waals surface area contributed by atoms with Crippen molar-refractivity contribution in [1.82, 2.24) is 0 Å². The average Bonchev–Trinajstić information content (AvgIpc) is 2.99. The lowest BCUT2D eigenvalue weighted by Crippen LogP contribution is -2.36. The normalized spacial score (nSPS) is 41.1. The van der Waals surface area contributed by atoms with Crippen LogP contribution in [0.1, 0.15) is 71.6 Å². The lowest BCUT2D eigenvalue weighted by atomic mass is 9.60. The van der Waals surface area contributed by atoms with Gasteiger partial charge < -0.3 is 15.3 Å². The molecule has 0 saturated heterocycles. The van der Waals surface area contributed by atoms with E-state index in [4.69, 9.17) is 0 Å². The summed E-state index contributed by atoms with van der Waals surface area (Å²) in [6.45, 7) is 9.22. The van der Waals surface area contributed by atoms with Gasteiger partial charge in [0, 0.05) is 13.0 Å². The van der Waals surface area contributed by atoms with Gasteiger partial charge >= 0.3 is 0 Å². The molecule has 3 aliphatic carbocycles. The Bertz CT molecular complexity index is 605. The Morgan fingerprint density at radius 2 is 2.04 bits per heavy atom. The van der Waals surface area contributed by atoms with Crippen LogP contribution in [0.3, 0.4) is 0 Å². The third kappa shape index (κ3) is 4.26. The molecule has 0 spiro atoms. The van der Waals surface area contributed by atoms with Gasteiger partial charge in [-0.2, -0.15) is 0 Å². The van der Waals surface area contributed by atoms with Gasteiger partial charge in [-0.1, -0.05) is 38.2 Å². The molecule has 0 amide bonds. The SMILES string of the molecule is C=C1/C(=C\C=C2/CCC[C@]3(C)[C@@H]([C@H](C)CCCO)CC[C@@H]23)C[C@@H](O)C[C@@H]1O. The molecule has 0 bridgehead atoms. The molecule has 0 heterocycles. The standard InChI is InChI=1S/C24H38O3/c1-16(6-5-13-25)21-10-11-22-18(7-4-12-24(21,22)3)8-9-19-14-20(26)15-23(27)17(19)2/h8-9,16,20-23,25-27H,2,4-7,10-15H2,1,3H3/b18-8+,19-9-/t16-,20-,21-,22+,23+,24-/m1/s1. The van der Waals surface area contributed by atoms with Crippen LogP contribution < -0.4 is 0 Å². The van der Waals surface area contributed by atoms with Crippen LogP contribution in [0.15, 0.2) is 35.5 Å². The fraction of sp³-hybridized carbons (Fsp3) is 0.750. The molecule has 27 heavy (non-hydrogen) atoms. The topological polar surface area (TPSA) is 60.7 Å². The summed E-state index contributed by atoms with van der Waals surface area (Å²) < 4.78 is 0. The summed E-state index contributed by atoms with van der Waals surface area (Å²) in [5, 5.41) is 29.2. The van der Waals surface area contributed by atoms with Crippen LogP contribution in [0.4, 0.5) is 0 Å². The minimum atomic E-state index is -0.613. The van der Waals surface area contributed by atoms with Gasteiger partial charge in [-0.15, -0.1) is 0 Å². The molecule has 152 valence electrons. The Morgan fingerprint density at radius 1 is 1.26 bits per heavy atom. The highest BCUT2D eigenvalue weighted by Crippen LogP contribution is 2.59. The quantitative estimate of drug-likeness (QED) is 0.662. The average molecular weight is 375 g/mol. The highest BCUT2D eigenvalue weighted by Gasteiger charge is 2.50. The first-order valence-corrected chi connectivity index (χ1v) is 10.9. The van der Waals surface area contributed by atoms with E-state index in [9.17, 15) is 15.3 Å². The van der Waals surface area contributed by atoms with E-state index in [1.165, 1.54) is 32.1 Å². The van der Waals surface area contributed by atoms with E-state index in [1.54, 1.807) is 5.57 Å². The Kier molecular flexibility index (Phi) is 6.66. The number of aliphatic hydroxyl groups excluding tert-OH is 3. The summed E-state index contributed by atoms with van der Waals surface area (Å²) in [5.41, 5.74) is 3.71. The van der Waals surface area contributed by atoms with E-state index in [-0.39, 0.29) is 0 Å². The van der Waals surface area contributed by atoms with Crippen LogP contribution in [0, 0.1) is 23.2 Å². The van der Waals surface area contributed by atoms with Crippen molar-refractivity contribution in [3.63, 3.8) is 0 Å². The molecule has 0 aromatic heterocycles. The molecule has 0 aliphatic heterocycles. The Hall–Kier alpha value is -0.900. The van der Waals surface area contributed by atoms with Crippen molar-refractivity contribution in [2.24, 2.45) is 23.2 Å². The fourth-order valence-electron chi connectivity index (χ4n) is 6.29. The predicted molar refractivity (Wildman–Crippen MR) is 110 cm³/mol. The molecule has 0 unspecified atom stereocenters. The van der Waals surface area contributed by atoms with Gasteiger partial charge in [0.1, 0.15) is 0 Å². The molecule has 3 fully saturated rings. The first-order chi connectivity index (χ1) is 12.9. The van der Waals surface area contributed by atoms with Crippen LogP contribution in [-0.4, -0.2) is 34.1 Å². The molecule has 3 nitrogen and oxygen atoms in total. The van der Waals surface area contributed by atoms with E-state index < -0.39 is 12.2 Å². The Morgan fingerprint density at radius 3 is 2.78 bits per heavy atom. The number of allylic oxidation sites excluding steroid dienone is 3. The van der Waals surface area contributed by atoms with Gasteiger partial charge in [0.2, 0.25) is 0 Å². The van der Waals surface area contributed by atoms with Crippen molar-refractivity contribution < 1.29 is 15.3 Å². The lowest BCUT2D eigenvalue weighted by Gasteiger charge is -2.44. The number of hydrogen-bond acceptors (Lipinski definition) is 3. The van der Waals surface area contributed by atoms with Crippen LogP contribution >= 0.6 is 0 Å². The van der Waals surface area contributed by atoms with E-state index >= 15 is 0 Å². The van der Waals surface area contributed by atoms with E-state index in [1.807, 2.05) is 0 Å². The second-order valence-corrected chi connectivity index (χ2v) is 9.51. The van der Waals surface area contributed by atoms with Crippen molar-refractivity contribution in [3.8, 4) is 0 Å². The minimum absolute atomic E-state index is 0.303. The summed E-state index contributed by atoms with van der Waals surface area (Å²) in [7, 11) is 0. The van der Waals surface area contributed by atoms with Crippen LogP contribution in [-0.2, 0) is 0 Å². The van der Waals surface area contributed by atoms with Crippen molar-refractivity contribution >= 4 is 0 Å². The van der Waals surface area contributed by atoms with Gasteiger partial charge in [-0.05, 0) is 85.7 Å². The zero-order valence-corrected chi connectivity index (χ0v) is 17.2. The first-order valence-electron chi connectivity index (χ1n) is 10.9. The van der Waals surface area contributed by atoms with E-state index in [0.717, 1.165) is 29.9 Å². The van der Waals surface area contributed by atoms with Crippen LogP contribution in [0.25, 0.3) is 0 Å². The highest BCUT2D eigenvalue weighted by atomic mass is 16.3. The first kappa shape index (κ1) is 20.8. The molecular formula is C24H38O3. The minimum Gasteiger partial charge on any atom is -0.396 e. The van der Waals surface area contributed by atoms with Gasteiger partial charge in [0.25, 0.3) is 0 Å². The second kappa shape index (κ2) is 8.63. The maximum absolute atomic E-state index is 10.1. The van der Waals surface area contributed by atoms with Gasteiger partial charge in [-0.25, -0.2) is 0 Å². The lowest BCUT2D eigenvalue weighted by molar-refractivity contribution is 0.0861. The molecule has 6 atom stereocenters. The molecule has 0 aromatic carbocycles. The van der Waals surface area contributed by atoms with Crippen molar-refractivity contribution in [2.75, 3.05) is 6.61 Å². The third-order valence-electron chi connectivity index (χ3n) is 7.81. The van der Waals surface area contributed by atoms with E-state index in [0.29, 0.717) is 36.7 Å². The molecule has 3 N–H and O–H groups in total. The van der Waals surface area contributed by atoms with Crippen LogP contribution in [0.5, 0.6) is 0 Å². The van der Waals surface area contributed by atoms with E-state index in [2.05, 4.69) is 32.6 Å². The van der Waals surface area contributed by atoms with Gasteiger partial charge in [0.05, 0.1) is 12.2 Å². The van der Waals surface area contributed by atoms with Gasteiger partial charge in [-0.3, -0.25) is 0 Å². The molecule has 3 saturated carbocycles. The second-order valence-electron chi connectivity index (χ2n) is 9.51. The number of aliphatic hydroxyl groups is 3. The molecule has 3 rings (SSSR count). The summed E-state index contributed by atoms with van der Waals surface area (Å²) in [5.74, 6) is 2.07. The third-order valence-corrected chi connectivity index (χ3v) is 7.81. The van der Waals surface area contributed by atoms with Crippen LogP contribution in [0.2, 0.25) is 0 Å². The highest BCUT2D eigenvalue weighted by molar-refractivity contribution is 5.38. The Balaban J connectivity index is 1.77. The van der Waals surface area contributed by atoms with Crippen molar-refractivity contribution in [3.05, 3.63) is 35.5 Å². The summed E-state index contributed by atoms with van der Waals surface area (Å²) in [4.78, 5) is 0. The van der Waals surface area contributed by atoms with Crippen molar-refractivity contribution in [2.45, 2.75) is 83.8 Å². The monoisotopic (exact) mass is 374 g/mol. The number of rotatable bonds is 5. The predicted octanol–water partition coefficient (Wildman–Crippen LogP) is 4.54. The number of hydrogen-bond donors (Lipinski definition) is 3. The van der Waals surface area contributed by atoms with Gasteiger partial charge in [0.15, 0.2) is 0 Å². The molecule has 3 aliphatic rings. The summed E-state index contributed by atoms with van der Waals surface area (Å²) in [6.07, 6.45) is 12.7. The summed E-state index contributed by atoms with van der Waals surface area (Å²) >= 11 is 0. The Labute approximate surface area is 164 Å². The smallest absolute Gasteiger partial charge is 0.0811 e. The number of fused-ring (bicyclic) bond motifs is 1. The summed E-state index contributed by atoms with van der Waals surface area (Å²) in [6, 6.07) is 0. The molecule has 3 heteroatoms. The fourth-order valence-corrected chi connectivity index (χ4v) is 6.29. The molecule has 0 radical (unpaired) electrons.